The Morgan fingerprint density at radius 3 is 3.09 bits per heavy atom. The lowest BCUT2D eigenvalue weighted by molar-refractivity contribution is -0.107. The smallest absolute Gasteiger partial charge is 0.131 e. The number of carbonyl (C=O) groups excluding carboxylic acids is 1. The Bertz CT molecular complexity index is 194. The number of hydrogen-bond donors (Lipinski definition) is 0. The maximum Gasteiger partial charge on any atom is 0.131 e. The molecule has 3 heteroatoms. The van der Waals surface area contributed by atoms with Gasteiger partial charge >= 0.3 is 0 Å². The van der Waals surface area contributed by atoms with E-state index in [0.29, 0.717) is 19.5 Å². The van der Waals surface area contributed by atoms with Gasteiger partial charge in [0.05, 0.1) is 13.0 Å². The van der Waals surface area contributed by atoms with E-state index in [1.165, 1.54) is 0 Å². The summed E-state index contributed by atoms with van der Waals surface area (Å²) in [6, 6.07) is 2.72. The van der Waals surface area contributed by atoms with Gasteiger partial charge in [-0.1, -0.05) is 5.92 Å². The summed E-state index contributed by atoms with van der Waals surface area (Å²) in [7, 11) is 0. The van der Waals surface area contributed by atoms with Crippen LogP contribution in [-0.2, 0) is 4.79 Å². The van der Waals surface area contributed by atoms with Crippen molar-refractivity contribution in [3.8, 4) is 12.0 Å². The van der Waals surface area contributed by atoms with E-state index >= 15 is 0 Å². The van der Waals surface area contributed by atoms with Crippen LogP contribution in [0.3, 0.4) is 0 Å². The Morgan fingerprint density at radius 1 is 1.73 bits per heavy atom. The molecule has 0 radical (unpaired) electrons. The van der Waals surface area contributed by atoms with E-state index in [0.717, 1.165) is 6.29 Å². The van der Waals surface area contributed by atoms with Gasteiger partial charge < -0.3 is 9.69 Å². The number of likely N-dealkylation sites (tertiary alicyclic amines) is 1. The van der Waals surface area contributed by atoms with Gasteiger partial charge in [-0.25, -0.2) is 4.39 Å². The summed E-state index contributed by atoms with van der Waals surface area (Å²) in [4.78, 5) is 11.6. The number of carbonyl (C=O) groups is 1. The highest BCUT2D eigenvalue weighted by atomic mass is 19.1. The fraction of sp³-hybridized carbons (Fsp3) is 0.625. The van der Waals surface area contributed by atoms with Crippen LogP contribution in [0.2, 0.25) is 0 Å². The molecule has 1 heterocycles. The van der Waals surface area contributed by atoms with E-state index in [4.69, 9.17) is 0 Å². The van der Waals surface area contributed by atoms with Crippen molar-refractivity contribution in [3.05, 3.63) is 0 Å². The van der Waals surface area contributed by atoms with Crippen LogP contribution < -0.4 is 0 Å². The third-order valence-corrected chi connectivity index (χ3v) is 1.55. The number of nitrogens with zero attached hydrogens (tertiary/aromatic N) is 1. The lowest BCUT2D eigenvalue weighted by Crippen LogP contribution is -2.14. The van der Waals surface area contributed by atoms with E-state index in [9.17, 15) is 9.18 Å². The molecule has 0 aromatic rings. The lowest BCUT2D eigenvalue weighted by atomic mass is 10.3. The summed E-state index contributed by atoms with van der Waals surface area (Å²) in [5.41, 5.74) is 0. The summed E-state index contributed by atoms with van der Waals surface area (Å²) >= 11 is 0. The van der Waals surface area contributed by atoms with Gasteiger partial charge in [-0.05, 0) is 6.42 Å². The average Bonchev–Trinajstić information content (AvgIpc) is 2.37. The molecule has 60 valence electrons. The van der Waals surface area contributed by atoms with Gasteiger partial charge in [0.2, 0.25) is 0 Å². The Morgan fingerprint density at radius 2 is 2.55 bits per heavy atom. The van der Waals surface area contributed by atoms with Gasteiger partial charge in [0.15, 0.2) is 0 Å². The number of alkyl halides is 1. The van der Waals surface area contributed by atoms with Crippen molar-refractivity contribution in [2.45, 2.75) is 19.0 Å². The maximum absolute atomic E-state index is 12.5. The largest absolute Gasteiger partial charge is 0.330 e. The number of aldehydes is 1. The van der Waals surface area contributed by atoms with Crippen LogP contribution in [0.5, 0.6) is 0 Å². The molecule has 0 saturated carbocycles. The van der Waals surface area contributed by atoms with Gasteiger partial charge in [0, 0.05) is 12.6 Å². The molecule has 1 rings (SSSR count). The highest BCUT2D eigenvalue weighted by Crippen LogP contribution is 2.10. The molecule has 0 aromatic heterocycles. The van der Waals surface area contributed by atoms with Crippen molar-refractivity contribution in [2.24, 2.45) is 0 Å². The van der Waals surface area contributed by atoms with Crippen molar-refractivity contribution < 1.29 is 9.18 Å². The van der Waals surface area contributed by atoms with Crippen molar-refractivity contribution >= 4 is 6.29 Å². The predicted molar refractivity (Wildman–Crippen MR) is 39.5 cm³/mol. The zero-order valence-electron chi connectivity index (χ0n) is 6.22. The molecule has 1 saturated heterocycles. The van der Waals surface area contributed by atoms with Gasteiger partial charge in [0.1, 0.15) is 12.5 Å². The molecule has 1 aliphatic heterocycles. The van der Waals surface area contributed by atoms with E-state index in [2.05, 4.69) is 12.0 Å². The predicted octanol–water partition coefficient (Wildman–Crippen LogP) is 0.580. The van der Waals surface area contributed by atoms with Crippen LogP contribution in [-0.4, -0.2) is 30.4 Å². The van der Waals surface area contributed by atoms with Crippen LogP contribution >= 0.6 is 0 Å². The van der Waals surface area contributed by atoms with Crippen molar-refractivity contribution in [3.63, 3.8) is 0 Å². The Hall–Kier alpha value is -1.04. The first kappa shape index (κ1) is 8.06. The third kappa shape index (κ3) is 2.58. The first-order chi connectivity index (χ1) is 5.33. The zero-order chi connectivity index (χ0) is 8.10. The SMILES string of the molecule is O=CCC#CN1CCC(F)C1. The van der Waals surface area contributed by atoms with E-state index in [1.807, 2.05) is 0 Å². The average molecular weight is 155 g/mol. The van der Waals surface area contributed by atoms with Crippen LogP contribution in [0.25, 0.3) is 0 Å². The molecule has 0 aromatic carbocycles. The Kier molecular flexibility index (Phi) is 2.91. The summed E-state index contributed by atoms with van der Waals surface area (Å²) < 4.78 is 12.5. The van der Waals surface area contributed by atoms with E-state index in [1.54, 1.807) is 4.90 Å². The summed E-state index contributed by atoms with van der Waals surface area (Å²) in [5, 5.41) is 0. The minimum atomic E-state index is -0.736. The Balaban J connectivity index is 2.28. The van der Waals surface area contributed by atoms with Crippen molar-refractivity contribution in [2.75, 3.05) is 13.1 Å². The second-order valence-corrected chi connectivity index (χ2v) is 2.49. The highest BCUT2D eigenvalue weighted by molar-refractivity contribution is 5.53. The molecule has 1 fully saturated rings. The lowest BCUT2D eigenvalue weighted by Gasteiger charge is -2.04. The monoisotopic (exact) mass is 155 g/mol. The molecule has 0 N–H and O–H groups in total. The first-order valence-electron chi connectivity index (χ1n) is 3.64. The van der Waals surface area contributed by atoms with E-state index in [-0.39, 0.29) is 6.42 Å². The topological polar surface area (TPSA) is 20.3 Å². The van der Waals surface area contributed by atoms with Crippen molar-refractivity contribution in [1.82, 2.24) is 4.90 Å². The molecule has 2 nitrogen and oxygen atoms in total. The van der Waals surface area contributed by atoms with Crippen LogP contribution in [0.4, 0.5) is 4.39 Å². The molecule has 11 heavy (non-hydrogen) atoms. The number of halogens is 1. The van der Waals surface area contributed by atoms with Gasteiger partial charge in [0.25, 0.3) is 0 Å². The molecule has 0 bridgehead atoms. The zero-order valence-corrected chi connectivity index (χ0v) is 6.22. The quantitative estimate of drug-likeness (QED) is 0.408. The molecule has 1 unspecified atom stereocenters. The highest BCUT2D eigenvalue weighted by Gasteiger charge is 2.18. The molecule has 0 amide bonds. The third-order valence-electron chi connectivity index (χ3n) is 1.55. The standard InChI is InChI=1S/C8H10FNO/c9-8-3-5-10(7-8)4-1-2-6-11/h6,8H,2-3,5,7H2. The maximum atomic E-state index is 12.5. The molecule has 1 atom stereocenters. The van der Waals surface area contributed by atoms with E-state index < -0.39 is 6.17 Å². The summed E-state index contributed by atoms with van der Waals surface area (Å²) in [5.74, 6) is 2.64. The van der Waals surface area contributed by atoms with Crippen LogP contribution in [0.1, 0.15) is 12.8 Å². The second kappa shape index (κ2) is 3.97. The van der Waals surface area contributed by atoms with Gasteiger partial charge in [-0.3, -0.25) is 0 Å². The summed E-state index contributed by atoms with van der Waals surface area (Å²) in [6.45, 7) is 1.08. The fourth-order valence-corrected chi connectivity index (χ4v) is 1.02. The molecular formula is C8H10FNO. The van der Waals surface area contributed by atoms with Crippen LogP contribution in [0.15, 0.2) is 0 Å². The minimum absolute atomic E-state index is 0.244. The Labute approximate surface area is 65.4 Å². The molecule has 1 aliphatic rings. The minimum Gasteiger partial charge on any atom is -0.330 e. The molecule has 0 aliphatic carbocycles. The number of hydrogen-bond acceptors (Lipinski definition) is 2. The van der Waals surface area contributed by atoms with Crippen LogP contribution in [0, 0.1) is 12.0 Å². The normalized spacial score (nSPS) is 22.6. The summed E-state index contributed by atoms with van der Waals surface area (Å²) in [6.07, 6.45) is 0.819. The fourth-order valence-electron chi connectivity index (χ4n) is 1.02. The van der Waals surface area contributed by atoms with Crippen molar-refractivity contribution in [1.29, 1.82) is 0 Å². The second-order valence-electron chi connectivity index (χ2n) is 2.49. The molecular weight excluding hydrogens is 145 g/mol. The van der Waals surface area contributed by atoms with Gasteiger partial charge in [-0.15, -0.1) is 0 Å². The first-order valence-corrected chi connectivity index (χ1v) is 3.64. The molecule has 0 spiro atoms. The number of rotatable bonds is 1. The van der Waals surface area contributed by atoms with Gasteiger partial charge in [-0.2, -0.15) is 0 Å².